The molecule has 0 spiro atoms. The summed E-state index contributed by atoms with van der Waals surface area (Å²) >= 11 is 0. The second-order valence-corrected chi connectivity index (χ2v) is 8.87. The molecule has 0 aliphatic carbocycles. The third-order valence-corrected chi connectivity index (χ3v) is 6.71. The molecule has 1 fully saturated rings. The molecular formula is C26H32N4O3. The third kappa shape index (κ3) is 5.02. The molecule has 7 nitrogen and oxygen atoms in total. The van der Waals surface area contributed by atoms with Gasteiger partial charge in [0, 0.05) is 45.2 Å². The monoisotopic (exact) mass is 448 g/mol. The zero-order chi connectivity index (χ0) is 23.4. The number of rotatable bonds is 7. The normalized spacial score (nSPS) is 16.2. The number of carbonyl (C=O) groups excluding carboxylic acids is 2. The van der Waals surface area contributed by atoms with Crippen molar-refractivity contribution in [2.75, 3.05) is 13.1 Å². The number of carbonyl (C=O) groups is 2. The van der Waals surface area contributed by atoms with Crippen LogP contribution in [-0.4, -0.2) is 45.0 Å². The smallest absolute Gasteiger partial charge is 0.328 e. The first-order valence-corrected chi connectivity index (χ1v) is 11.7. The zero-order valence-corrected chi connectivity index (χ0v) is 19.4. The first-order valence-electron chi connectivity index (χ1n) is 11.7. The van der Waals surface area contributed by atoms with Gasteiger partial charge in [-0.05, 0) is 61.9 Å². The van der Waals surface area contributed by atoms with Gasteiger partial charge in [0.05, 0.1) is 11.0 Å². The molecule has 1 aliphatic rings. The number of fused-ring (bicyclic) bond motifs is 1. The maximum atomic E-state index is 13.1. The molecule has 0 bridgehead atoms. The lowest BCUT2D eigenvalue weighted by Gasteiger charge is -2.36. The number of nitrogens with zero attached hydrogens (tertiary/aromatic N) is 3. The topological polar surface area (TPSA) is 76.3 Å². The standard InChI is InChI=1S/C26H32N4O3/c1-28-22-13-11-19(18-23(22)29(2)26(28)33)12-14-24(31)30-17-7-6-10-21(30)15-16-27-25(32)20-8-4-3-5-9-20/h3-5,8-9,11,13,18,21H,6-7,10,12,14-17H2,1-2H3,(H,27,32)/t21-/m1/s1. The van der Waals surface area contributed by atoms with E-state index in [4.69, 9.17) is 0 Å². The van der Waals surface area contributed by atoms with Crippen molar-refractivity contribution in [3.05, 3.63) is 70.1 Å². The van der Waals surface area contributed by atoms with Crippen molar-refractivity contribution in [1.82, 2.24) is 19.4 Å². The molecule has 0 unspecified atom stereocenters. The van der Waals surface area contributed by atoms with Crippen LogP contribution in [0.4, 0.5) is 0 Å². The average molecular weight is 449 g/mol. The molecular weight excluding hydrogens is 416 g/mol. The van der Waals surface area contributed by atoms with Gasteiger partial charge in [-0.15, -0.1) is 0 Å². The van der Waals surface area contributed by atoms with E-state index < -0.39 is 0 Å². The Bertz CT molecular complexity index is 1200. The fraction of sp³-hybridized carbons (Fsp3) is 0.423. The van der Waals surface area contributed by atoms with Gasteiger partial charge >= 0.3 is 5.69 Å². The Labute approximate surface area is 194 Å². The lowest BCUT2D eigenvalue weighted by atomic mass is 9.98. The van der Waals surface area contributed by atoms with Crippen molar-refractivity contribution < 1.29 is 9.59 Å². The van der Waals surface area contributed by atoms with E-state index in [9.17, 15) is 14.4 Å². The fourth-order valence-corrected chi connectivity index (χ4v) is 4.78. The minimum Gasteiger partial charge on any atom is -0.352 e. The number of aromatic nitrogens is 2. The van der Waals surface area contributed by atoms with Crippen LogP contribution in [-0.2, 0) is 25.3 Å². The van der Waals surface area contributed by atoms with E-state index in [1.54, 1.807) is 35.4 Å². The van der Waals surface area contributed by atoms with E-state index in [1.807, 2.05) is 41.3 Å². The van der Waals surface area contributed by atoms with Crippen LogP contribution in [0.25, 0.3) is 11.0 Å². The maximum absolute atomic E-state index is 13.1. The van der Waals surface area contributed by atoms with Gasteiger partial charge in [0.2, 0.25) is 5.91 Å². The van der Waals surface area contributed by atoms with Gasteiger partial charge in [-0.25, -0.2) is 4.79 Å². The molecule has 1 aliphatic heterocycles. The summed E-state index contributed by atoms with van der Waals surface area (Å²) < 4.78 is 3.28. The van der Waals surface area contributed by atoms with Gasteiger partial charge in [-0.1, -0.05) is 24.3 Å². The maximum Gasteiger partial charge on any atom is 0.328 e. The highest BCUT2D eigenvalue weighted by Crippen LogP contribution is 2.22. The van der Waals surface area contributed by atoms with Crippen molar-refractivity contribution >= 4 is 22.8 Å². The van der Waals surface area contributed by atoms with Gasteiger partial charge in [-0.2, -0.15) is 0 Å². The number of hydrogen-bond acceptors (Lipinski definition) is 3. The van der Waals surface area contributed by atoms with E-state index in [2.05, 4.69) is 5.32 Å². The molecule has 2 aromatic carbocycles. The summed E-state index contributed by atoms with van der Waals surface area (Å²) in [6, 6.07) is 15.3. The number of amides is 2. The molecule has 33 heavy (non-hydrogen) atoms. The number of nitrogens with one attached hydrogen (secondary N) is 1. The minimum absolute atomic E-state index is 0.0475. The van der Waals surface area contributed by atoms with Crippen molar-refractivity contribution in [3.63, 3.8) is 0 Å². The minimum atomic E-state index is -0.0741. The van der Waals surface area contributed by atoms with Crippen LogP contribution in [0.2, 0.25) is 0 Å². The summed E-state index contributed by atoms with van der Waals surface area (Å²) in [5, 5.41) is 2.99. The number of aryl methyl sites for hydroxylation is 3. The number of imidazole rings is 1. The van der Waals surface area contributed by atoms with Gasteiger partial charge < -0.3 is 10.2 Å². The summed E-state index contributed by atoms with van der Waals surface area (Å²) in [7, 11) is 3.54. The van der Waals surface area contributed by atoms with Crippen LogP contribution in [0.1, 0.15) is 48.0 Å². The van der Waals surface area contributed by atoms with Crippen LogP contribution in [0, 0.1) is 0 Å². The molecule has 3 aromatic rings. The van der Waals surface area contributed by atoms with Crippen molar-refractivity contribution in [2.24, 2.45) is 14.1 Å². The lowest BCUT2D eigenvalue weighted by Crippen LogP contribution is -2.45. The second-order valence-electron chi connectivity index (χ2n) is 8.87. The molecule has 2 heterocycles. The van der Waals surface area contributed by atoms with Crippen molar-refractivity contribution in [2.45, 2.75) is 44.6 Å². The second kappa shape index (κ2) is 10.1. The summed E-state index contributed by atoms with van der Waals surface area (Å²) in [5.74, 6) is 0.0890. The zero-order valence-electron chi connectivity index (χ0n) is 19.4. The lowest BCUT2D eigenvalue weighted by molar-refractivity contribution is -0.134. The number of piperidine rings is 1. The van der Waals surface area contributed by atoms with Crippen molar-refractivity contribution in [1.29, 1.82) is 0 Å². The van der Waals surface area contributed by atoms with Crippen LogP contribution < -0.4 is 11.0 Å². The van der Waals surface area contributed by atoms with Crippen LogP contribution >= 0.6 is 0 Å². The summed E-state index contributed by atoms with van der Waals surface area (Å²) in [6.45, 7) is 1.34. The van der Waals surface area contributed by atoms with E-state index >= 15 is 0 Å². The average Bonchev–Trinajstić information content (AvgIpc) is 3.06. The molecule has 1 aromatic heterocycles. The quantitative estimate of drug-likeness (QED) is 0.604. The summed E-state index contributed by atoms with van der Waals surface area (Å²) in [4.78, 5) is 39.5. The first-order chi connectivity index (χ1) is 16.0. The molecule has 7 heteroatoms. The third-order valence-electron chi connectivity index (χ3n) is 6.71. The highest BCUT2D eigenvalue weighted by Gasteiger charge is 2.26. The molecule has 174 valence electrons. The van der Waals surface area contributed by atoms with Gasteiger partial charge in [-0.3, -0.25) is 18.7 Å². The van der Waals surface area contributed by atoms with Gasteiger partial charge in [0.25, 0.3) is 5.91 Å². The number of likely N-dealkylation sites (tertiary alicyclic amines) is 1. The molecule has 1 atom stereocenters. The van der Waals surface area contributed by atoms with Gasteiger partial charge in [0.1, 0.15) is 0 Å². The number of benzene rings is 2. The Balaban J connectivity index is 1.33. The predicted octanol–water partition coefficient (Wildman–Crippen LogP) is 3.01. The van der Waals surface area contributed by atoms with Gasteiger partial charge in [0.15, 0.2) is 0 Å². The Morgan fingerprint density at radius 3 is 2.55 bits per heavy atom. The largest absolute Gasteiger partial charge is 0.352 e. The van der Waals surface area contributed by atoms with E-state index in [1.165, 1.54) is 0 Å². The molecule has 1 N–H and O–H groups in total. The predicted molar refractivity (Wildman–Crippen MR) is 129 cm³/mol. The Hall–Kier alpha value is -3.35. The Morgan fingerprint density at radius 1 is 1.00 bits per heavy atom. The summed E-state index contributed by atoms with van der Waals surface area (Å²) in [5.41, 5.74) is 3.44. The van der Waals surface area contributed by atoms with Crippen LogP contribution in [0.5, 0.6) is 0 Å². The van der Waals surface area contributed by atoms with Crippen molar-refractivity contribution in [3.8, 4) is 0 Å². The van der Waals surface area contributed by atoms with E-state index in [0.717, 1.165) is 48.8 Å². The SMILES string of the molecule is Cn1c(=O)n(C)c2cc(CCC(=O)N3CCCC[C@@H]3CCNC(=O)c3ccccc3)ccc21. The first kappa shape index (κ1) is 22.8. The Kier molecular flexibility index (Phi) is 6.96. The highest BCUT2D eigenvalue weighted by atomic mass is 16.2. The van der Waals surface area contributed by atoms with E-state index in [-0.39, 0.29) is 23.5 Å². The Morgan fingerprint density at radius 2 is 1.76 bits per heavy atom. The molecule has 0 saturated carbocycles. The number of hydrogen-bond donors (Lipinski definition) is 1. The molecule has 1 saturated heterocycles. The van der Waals surface area contributed by atoms with Crippen LogP contribution in [0.3, 0.4) is 0 Å². The molecule has 0 radical (unpaired) electrons. The fourth-order valence-electron chi connectivity index (χ4n) is 4.78. The molecule has 4 rings (SSSR count). The van der Waals surface area contributed by atoms with Crippen LogP contribution in [0.15, 0.2) is 53.3 Å². The van der Waals surface area contributed by atoms with E-state index in [0.29, 0.717) is 24.9 Å². The summed E-state index contributed by atoms with van der Waals surface area (Å²) in [6.07, 6.45) is 4.97. The molecule has 2 amide bonds. The highest BCUT2D eigenvalue weighted by molar-refractivity contribution is 5.94.